The zero-order valence-electron chi connectivity index (χ0n) is 9.83. The minimum atomic E-state index is 0.153. The molecule has 7 heteroatoms. The average Bonchev–Trinajstić information content (AvgIpc) is 2.33. The second-order valence-electron chi connectivity index (χ2n) is 3.59. The molecule has 2 rings (SSSR count). The molecule has 1 aromatic carbocycles. The van der Waals surface area contributed by atoms with Gasteiger partial charge < -0.3 is 10.6 Å². The lowest BCUT2D eigenvalue weighted by Gasteiger charge is -2.09. The molecule has 1 heterocycles. The highest BCUT2D eigenvalue weighted by Gasteiger charge is 2.06. The molecule has 0 unspecified atom stereocenters. The van der Waals surface area contributed by atoms with Crippen molar-refractivity contribution in [2.45, 2.75) is 6.92 Å². The van der Waals surface area contributed by atoms with Crippen molar-refractivity contribution in [3.8, 4) is 0 Å². The molecule has 18 heavy (non-hydrogen) atoms. The zero-order valence-corrected chi connectivity index (χ0v) is 12.7. The van der Waals surface area contributed by atoms with E-state index in [2.05, 4.69) is 48.2 Å². The number of rotatable bonds is 3. The Balaban J connectivity index is 2.33. The van der Waals surface area contributed by atoms with E-state index < -0.39 is 0 Å². The van der Waals surface area contributed by atoms with E-state index in [1.165, 1.54) is 0 Å². The Morgan fingerprint density at radius 1 is 1.17 bits per heavy atom. The molecular formula is C11H11ClIN5. The van der Waals surface area contributed by atoms with E-state index in [0.29, 0.717) is 11.9 Å². The molecule has 94 valence electrons. The Hall–Kier alpha value is -1.15. The van der Waals surface area contributed by atoms with Crippen LogP contribution in [0.3, 0.4) is 0 Å². The van der Waals surface area contributed by atoms with Gasteiger partial charge in [0.2, 0.25) is 17.2 Å². The fourth-order valence-corrected chi connectivity index (χ4v) is 2.02. The molecule has 0 amide bonds. The van der Waals surface area contributed by atoms with Crippen LogP contribution in [-0.2, 0) is 0 Å². The van der Waals surface area contributed by atoms with Gasteiger partial charge in [-0.1, -0.05) is 6.07 Å². The summed E-state index contributed by atoms with van der Waals surface area (Å²) in [7, 11) is 1.73. The molecule has 0 spiro atoms. The number of halogens is 2. The van der Waals surface area contributed by atoms with Gasteiger partial charge in [-0.25, -0.2) is 0 Å². The van der Waals surface area contributed by atoms with Gasteiger partial charge in [-0.05, 0) is 58.8 Å². The molecule has 0 saturated heterocycles. The second-order valence-corrected chi connectivity index (χ2v) is 5.17. The highest BCUT2D eigenvalue weighted by molar-refractivity contribution is 14.1. The van der Waals surface area contributed by atoms with Crippen LogP contribution >= 0.6 is 34.2 Å². The predicted octanol–water partition coefficient (Wildman–Crippen LogP) is 3.22. The number of nitrogens with zero attached hydrogens (tertiary/aromatic N) is 3. The third kappa shape index (κ3) is 3.20. The van der Waals surface area contributed by atoms with E-state index in [-0.39, 0.29) is 5.28 Å². The van der Waals surface area contributed by atoms with Crippen LogP contribution in [0.5, 0.6) is 0 Å². The number of aromatic nitrogens is 3. The van der Waals surface area contributed by atoms with Crippen LogP contribution in [0.4, 0.5) is 17.6 Å². The van der Waals surface area contributed by atoms with Crippen LogP contribution in [0.25, 0.3) is 0 Å². The van der Waals surface area contributed by atoms with Gasteiger partial charge >= 0.3 is 0 Å². The average molecular weight is 376 g/mol. The Kier molecular flexibility index (Phi) is 4.18. The fraction of sp³-hybridized carbons (Fsp3) is 0.182. The first-order chi connectivity index (χ1) is 8.58. The van der Waals surface area contributed by atoms with Crippen molar-refractivity contribution in [1.82, 2.24) is 15.0 Å². The van der Waals surface area contributed by atoms with Gasteiger partial charge in [0.05, 0.1) is 0 Å². The van der Waals surface area contributed by atoms with E-state index in [1.54, 1.807) is 7.05 Å². The maximum absolute atomic E-state index is 5.82. The van der Waals surface area contributed by atoms with Crippen LogP contribution in [0.1, 0.15) is 5.56 Å². The molecule has 2 aromatic rings. The van der Waals surface area contributed by atoms with Crippen molar-refractivity contribution < 1.29 is 0 Å². The highest BCUT2D eigenvalue weighted by Crippen LogP contribution is 2.21. The maximum atomic E-state index is 5.82. The van der Waals surface area contributed by atoms with Crippen molar-refractivity contribution in [2.24, 2.45) is 0 Å². The third-order valence-electron chi connectivity index (χ3n) is 2.28. The lowest BCUT2D eigenvalue weighted by molar-refractivity contribution is 1.05. The molecule has 0 fully saturated rings. The summed E-state index contributed by atoms with van der Waals surface area (Å²) in [5.74, 6) is 0.852. The molecule has 0 aliphatic rings. The SMILES string of the molecule is CNc1nc(Cl)nc(Nc2cc(I)ccc2C)n1. The van der Waals surface area contributed by atoms with Crippen LogP contribution in [0.15, 0.2) is 18.2 Å². The number of hydrogen-bond acceptors (Lipinski definition) is 5. The number of nitrogens with one attached hydrogen (secondary N) is 2. The van der Waals surface area contributed by atoms with Crippen molar-refractivity contribution in [2.75, 3.05) is 17.7 Å². The van der Waals surface area contributed by atoms with Crippen molar-refractivity contribution >= 4 is 51.8 Å². The van der Waals surface area contributed by atoms with Crippen LogP contribution in [0, 0.1) is 10.5 Å². The molecule has 0 radical (unpaired) electrons. The molecular weight excluding hydrogens is 365 g/mol. The molecule has 5 nitrogen and oxygen atoms in total. The predicted molar refractivity (Wildman–Crippen MR) is 81.6 cm³/mol. The second kappa shape index (κ2) is 5.66. The maximum Gasteiger partial charge on any atom is 0.233 e. The van der Waals surface area contributed by atoms with E-state index >= 15 is 0 Å². The van der Waals surface area contributed by atoms with Gasteiger partial charge in [0.15, 0.2) is 0 Å². The number of benzene rings is 1. The van der Waals surface area contributed by atoms with E-state index in [9.17, 15) is 0 Å². The molecule has 1 aromatic heterocycles. The lowest BCUT2D eigenvalue weighted by Crippen LogP contribution is -2.04. The van der Waals surface area contributed by atoms with Gasteiger partial charge in [0.25, 0.3) is 0 Å². The standard InChI is InChI=1S/C11H11ClIN5/c1-6-3-4-7(13)5-8(6)15-11-17-9(12)16-10(14-2)18-11/h3-5H,1-2H3,(H2,14,15,16,17,18). The van der Waals surface area contributed by atoms with Gasteiger partial charge in [0.1, 0.15) is 0 Å². The summed E-state index contributed by atoms with van der Waals surface area (Å²) in [6.07, 6.45) is 0. The summed E-state index contributed by atoms with van der Waals surface area (Å²) >= 11 is 8.08. The molecule has 0 aliphatic carbocycles. The summed E-state index contributed by atoms with van der Waals surface area (Å²) in [6, 6.07) is 6.10. The lowest BCUT2D eigenvalue weighted by atomic mass is 10.2. The first kappa shape index (κ1) is 13.3. The van der Waals surface area contributed by atoms with Crippen molar-refractivity contribution in [3.63, 3.8) is 0 Å². The summed E-state index contributed by atoms with van der Waals surface area (Å²) in [5.41, 5.74) is 2.06. The number of hydrogen-bond donors (Lipinski definition) is 2. The summed E-state index contributed by atoms with van der Waals surface area (Å²) in [4.78, 5) is 12.1. The van der Waals surface area contributed by atoms with Crippen molar-refractivity contribution in [3.05, 3.63) is 32.6 Å². The minimum absolute atomic E-state index is 0.153. The van der Waals surface area contributed by atoms with E-state index in [4.69, 9.17) is 11.6 Å². The Bertz CT molecular complexity index is 575. The van der Waals surface area contributed by atoms with Gasteiger partial charge in [0, 0.05) is 16.3 Å². The molecule has 0 bridgehead atoms. The van der Waals surface area contributed by atoms with Crippen LogP contribution in [-0.4, -0.2) is 22.0 Å². The Labute approximate surface area is 124 Å². The molecule has 2 N–H and O–H groups in total. The summed E-state index contributed by atoms with van der Waals surface area (Å²) < 4.78 is 1.13. The third-order valence-corrected chi connectivity index (χ3v) is 3.12. The Morgan fingerprint density at radius 2 is 1.89 bits per heavy atom. The first-order valence-corrected chi connectivity index (χ1v) is 6.66. The summed E-state index contributed by atoms with van der Waals surface area (Å²) in [5, 5.41) is 6.12. The normalized spacial score (nSPS) is 10.2. The first-order valence-electron chi connectivity index (χ1n) is 5.21. The van der Waals surface area contributed by atoms with E-state index in [0.717, 1.165) is 14.8 Å². The molecule has 0 saturated carbocycles. The van der Waals surface area contributed by atoms with Crippen molar-refractivity contribution in [1.29, 1.82) is 0 Å². The zero-order chi connectivity index (χ0) is 13.1. The number of anilines is 3. The smallest absolute Gasteiger partial charge is 0.233 e. The van der Waals surface area contributed by atoms with Gasteiger partial charge in [-0.15, -0.1) is 0 Å². The number of aryl methyl sites for hydroxylation is 1. The molecule has 0 aliphatic heterocycles. The summed E-state index contributed by atoms with van der Waals surface area (Å²) in [6.45, 7) is 2.01. The fourth-order valence-electron chi connectivity index (χ4n) is 1.37. The Morgan fingerprint density at radius 3 is 2.61 bits per heavy atom. The van der Waals surface area contributed by atoms with Crippen LogP contribution in [0.2, 0.25) is 5.28 Å². The monoisotopic (exact) mass is 375 g/mol. The topological polar surface area (TPSA) is 62.7 Å². The quantitative estimate of drug-likeness (QED) is 0.807. The minimum Gasteiger partial charge on any atom is -0.357 e. The van der Waals surface area contributed by atoms with E-state index in [1.807, 2.05) is 25.1 Å². The molecule has 0 atom stereocenters. The highest BCUT2D eigenvalue weighted by atomic mass is 127. The van der Waals surface area contributed by atoms with Crippen LogP contribution < -0.4 is 10.6 Å². The van der Waals surface area contributed by atoms with Gasteiger partial charge in [-0.3, -0.25) is 0 Å². The van der Waals surface area contributed by atoms with Gasteiger partial charge in [-0.2, -0.15) is 15.0 Å². The largest absolute Gasteiger partial charge is 0.357 e.